The molecule has 5 nitrogen and oxygen atoms in total. The number of rotatable bonds is 8. The van der Waals surface area contributed by atoms with E-state index in [0.29, 0.717) is 17.1 Å². The molecule has 4 rings (SSSR count). The van der Waals surface area contributed by atoms with Gasteiger partial charge in [-0.3, -0.25) is 14.2 Å². The molecule has 1 aromatic carbocycles. The van der Waals surface area contributed by atoms with Crippen LogP contribution in [0.2, 0.25) is 0 Å². The van der Waals surface area contributed by atoms with Crippen molar-refractivity contribution >= 4 is 56.2 Å². The number of hydrogen-bond donors (Lipinski definition) is 1. The van der Waals surface area contributed by atoms with E-state index in [1.165, 1.54) is 23.1 Å². The lowest BCUT2D eigenvalue weighted by atomic mass is 10.0. The molecule has 0 fully saturated rings. The third kappa shape index (κ3) is 4.40. The molecule has 0 saturated carbocycles. The molecule has 1 N–H and O–H groups in total. The molecule has 32 heavy (non-hydrogen) atoms. The monoisotopic (exact) mass is 483 g/mol. The summed E-state index contributed by atoms with van der Waals surface area (Å²) in [6.07, 6.45) is 1.71. The number of thiophene rings is 2. The summed E-state index contributed by atoms with van der Waals surface area (Å²) in [5.41, 5.74) is 4.07. The van der Waals surface area contributed by atoms with Crippen LogP contribution in [0.1, 0.15) is 31.9 Å². The quantitative estimate of drug-likeness (QED) is 0.244. The van der Waals surface area contributed by atoms with Crippen LogP contribution in [0.25, 0.3) is 20.7 Å². The number of anilines is 1. The molecule has 3 aromatic heterocycles. The molecule has 0 radical (unpaired) electrons. The van der Waals surface area contributed by atoms with Gasteiger partial charge in [0.25, 0.3) is 5.56 Å². The largest absolute Gasteiger partial charge is 0.325 e. The molecule has 0 aliphatic carbocycles. The fourth-order valence-electron chi connectivity index (χ4n) is 3.72. The van der Waals surface area contributed by atoms with Crippen molar-refractivity contribution in [2.75, 3.05) is 11.1 Å². The smallest absolute Gasteiger partial charge is 0.263 e. The van der Waals surface area contributed by atoms with Gasteiger partial charge in [0.15, 0.2) is 5.16 Å². The zero-order chi connectivity index (χ0) is 22.7. The third-order valence-electron chi connectivity index (χ3n) is 5.36. The van der Waals surface area contributed by atoms with Gasteiger partial charge in [-0.1, -0.05) is 49.9 Å². The van der Waals surface area contributed by atoms with E-state index in [-0.39, 0.29) is 17.2 Å². The lowest BCUT2D eigenvalue weighted by Crippen LogP contribution is -2.23. The van der Waals surface area contributed by atoms with Crippen LogP contribution < -0.4 is 10.9 Å². The number of carbonyl (C=O) groups is 1. The Balaban J connectivity index is 1.59. The number of hydrogen-bond acceptors (Lipinski definition) is 6. The van der Waals surface area contributed by atoms with Gasteiger partial charge in [-0.15, -0.1) is 22.7 Å². The normalized spacial score (nSPS) is 11.2. The zero-order valence-electron chi connectivity index (χ0n) is 18.3. The van der Waals surface area contributed by atoms with Crippen molar-refractivity contribution in [3.8, 4) is 10.4 Å². The average Bonchev–Trinajstić information content (AvgIpc) is 3.47. The Kier molecular flexibility index (Phi) is 7.13. The molecule has 0 saturated heterocycles. The van der Waals surface area contributed by atoms with E-state index < -0.39 is 0 Å². The Labute approximate surface area is 199 Å². The lowest BCUT2D eigenvalue weighted by molar-refractivity contribution is -0.113. The molecule has 0 unspecified atom stereocenters. The van der Waals surface area contributed by atoms with E-state index in [1.54, 1.807) is 15.9 Å². The molecule has 0 bridgehead atoms. The SMILES string of the molecule is CCc1cccc(CC)c1NC(=O)CSc1nc2scc(-c3cccs3)c2c(=O)n1CC. The molecule has 3 heterocycles. The molecule has 1 amide bonds. The minimum absolute atomic E-state index is 0.0466. The van der Waals surface area contributed by atoms with E-state index in [9.17, 15) is 9.59 Å². The number of thioether (sulfide) groups is 1. The Hall–Kier alpha value is -2.42. The molecule has 0 atom stereocenters. The van der Waals surface area contributed by atoms with E-state index in [0.717, 1.165) is 44.9 Å². The lowest BCUT2D eigenvalue weighted by Gasteiger charge is -2.15. The van der Waals surface area contributed by atoms with Crippen molar-refractivity contribution in [1.29, 1.82) is 0 Å². The van der Waals surface area contributed by atoms with Gasteiger partial charge in [-0.2, -0.15) is 0 Å². The summed E-state index contributed by atoms with van der Waals surface area (Å²) in [6.45, 7) is 6.61. The van der Waals surface area contributed by atoms with Gasteiger partial charge in [0.2, 0.25) is 5.91 Å². The van der Waals surface area contributed by atoms with Gasteiger partial charge >= 0.3 is 0 Å². The van der Waals surface area contributed by atoms with Crippen LogP contribution in [0.15, 0.2) is 51.0 Å². The number of nitrogens with zero attached hydrogens (tertiary/aromatic N) is 2. The molecule has 0 aliphatic rings. The maximum absolute atomic E-state index is 13.3. The maximum atomic E-state index is 13.3. The number of aryl methyl sites for hydroxylation is 2. The van der Waals surface area contributed by atoms with Crippen LogP contribution in [0, 0.1) is 0 Å². The van der Waals surface area contributed by atoms with Crippen molar-refractivity contribution in [3.63, 3.8) is 0 Å². The van der Waals surface area contributed by atoms with Gasteiger partial charge in [-0.25, -0.2) is 4.98 Å². The molecular formula is C24H25N3O2S3. The van der Waals surface area contributed by atoms with Crippen molar-refractivity contribution in [3.05, 3.63) is 62.6 Å². The summed E-state index contributed by atoms with van der Waals surface area (Å²) in [5.74, 6) is 0.107. The zero-order valence-corrected chi connectivity index (χ0v) is 20.8. The molecule has 0 spiro atoms. The van der Waals surface area contributed by atoms with E-state index >= 15 is 0 Å². The van der Waals surface area contributed by atoms with Crippen LogP contribution in [-0.2, 0) is 24.2 Å². The van der Waals surface area contributed by atoms with Gasteiger partial charge in [-0.05, 0) is 42.3 Å². The summed E-state index contributed by atoms with van der Waals surface area (Å²) in [4.78, 5) is 32.6. The van der Waals surface area contributed by atoms with Gasteiger partial charge < -0.3 is 5.32 Å². The number of amides is 1. The second-order valence-corrected chi connectivity index (χ2v) is 9.99. The van der Waals surface area contributed by atoms with Gasteiger partial charge in [0.1, 0.15) is 4.83 Å². The van der Waals surface area contributed by atoms with Crippen LogP contribution in [-0.4, -0.2) is 21.2 Å². The highest BCUT2D eigenvalue weighted by Crippen LogP contribution is 2.34. The van der Waals surface area contributed by atoms with Gasteiger partial charge in [0, 0.05) is 28.1 Å². The topological polar surface area (TPSA) is 64.0 Å². The number of nitrogens with one attached hydrogen (secondary N) is 1. The summed E-state index contributed by atoms with van der Waals surface area (Å²) in [7, 11) is 0. The first-order valence-electron chi connectivity index (χ1n) is 10.7. The van der Waals surface area contributed by atoms with E-state index in [1.807, 2.05) is 48.0 Å². The molecule has 8 heteroatoms. The minimum atomic E-state index is -0.0898. The van der Waals surface area contributed by atoms with Gasteiger partial charge in [0.05, 0.1) is 11.1 Å². The van der Waals surface area contributed by atoms with E-state index in [4.69, 9.17) is 4.98 Å². The maximum Gasteiger partial charge on any atom is 0.263 e. The van der Waals surface area contributed by atoms with Crippen LogP contribution in [0.5, 0.6) is 0 Å². The molecule has 0 aliphatic heterocycles. The predicted molar refractivity (Wildman–Crippen MR) is 137 cm³/mol. The molecule has 166 valence electrons. The Bertz CT molecular complexity index is 1280. The Morgan fingerprint density at radius 2 is 1.84 bits per heavy atom. The summed E-state index contributed by atoms with van der Waals surface area (Å²) in [6, 6.07) is 10.1. The van der Waals surface area contributed by atoms with Crippen molar-refractivity contribution in [1.82, 2.24) is 9.55 Å². The highest BCUT2D eigenvalue weighted by Gasteiger charge is 2.18. The second-order valence-electron chi connectivity index (χ2n) is 7.25. The number of fused-ring (bicyclic) bond motifs is 1. The van der Waals surface area contributed by atoms with Crippen LogP contribution in [0.4, 0.5) is 5.69 Å². The van der Waals surface area contributed by atoms with Crippen LogP contribution >= 0.6 is 34.4 Å². The molecule has 4 aromatic rings. The average molecular weight is 484 g/mol. The Morgan fingerprint density at radius 1 is 1.09 bits per heavy atom. The predicted octanol–water partition coefficient (Wildman–Crippen LogP) is 6.06. The standard InChI is InChI=1S/C24H25N3O2S3/c1-4-15-9-7-10-16(5-2)21(15)25-19(28)14-32-24-26-22-20(23(29)27(24)6-3)17(13-31-22)18-11-8-12-30-18/h7-13H,4-6,14H2,1-3H3,(H,25,28). The fourth-order valence-corrected chi connectivity index (χ4v) is 6.38. The first-order valence-corrected chi connectivity index (χ1v) is 13.4. The van der Waals surface area contributed by atoms with Crippen molar-refractivity contribution < 1.29 is 4.79 Å². The highest BCUT2D eigenvalue weighted by molar-refractivity contribution is 7.99. The third-order valence-corrected chi connectivity index (χ3v) is 8.11. The first-order chi connectivity index (χ1) is 15.6. The summed E-state index contributed by atoms with van der Waals surface area (Å²) in [5, 5.41) is 8.35. The molecular weight excluding hydrogens is 458 g/mol. The second kappa shape index (κ2) is 10.0. The summed E-state index contributed by atoms with van der Waals surface area (Å²) >= 11 is 4.40. The number of aromatic nitrogens is 2. The Morgan fingerprint density at radius 3 is 2.47 bits per heavy atom. The number of benzene rings is 1. The number of para-hydroxylation sites is 1. The van der Waals surface area contributed by atoms with Crippen molar-refractivity contribution in [2.24, 2.45) is 0 Å². The van der Waals surface area contributed by atoms with Crippen LogP contribution in [0.3, 0.4) is 0 Å². The fraction of sp³-hybridized carbons (Fsp3) is 0.292. The summed E-state index contributed by atoms with van der Waals surface area (Å²) < 4.78 is 1.67. The van der Waals surface area contributed by atoms with Crippen molar-refractivity contribution in [2.45, 2.75) is 45.3 Å². The highest BCUT2D eigenvalue weighted by atomic mass is 32.2. The van der Waals surface area contributed by atoms with E-state index in [2.05, 4.69) is 19.2 Å². The minimum Gasteiger partial charge on any atom is -0.325 e. The first kappa shape index (κ1) is 22.8. The number of carbonyl (C=O) groups excluding carboxylic acids is 1.